The number of hydrogen-bond acceptors (Lipinski definition) is 5. The maximum absolute atomic E-state index is 11.7. The fourth-order valence-corrected chi connectivity index (χ4v) is 2.47. The second-order valence-electron chi connectivity index (χ2n) is 5.70. The van der Waals surface area contributed by atoms with Gasteiger partial charge in [0.25, 0.3) is 5.91 Å². The average Bonchev–Trinajstić information content (AvgIpc) is 2.55. The molecule has 1 aromatic heterocycles. The summed E-state index contributed by atoms with van der Waals surface area (Å²) < 4.78 is 4.38. The van der Waals surface area contributed by atoms with Crippen LogP contribution in [-0.2, 0) is 0 Å². The number of hydrogen-bond donors (Lipinski definition) is 2. The molecule has 1 aliphatic rings. The Balaban J connectivity index is 1.93. The van der Waals surface area contributed by atoms with Gasteiger partial charge in [0, 0.05) is 6.54 Å². The zero-order valence-electron chi connectivity index (χ0n) is 10.6. The van der Waals surface area contributed by atoms with Crippen molar-refractivity contribution in [2.75, 3.05) is 12.3 Å². The third kappa shape index (κ3) is 1.67. The van der Waals surface area contributed by atoms with Crippen LogP contribution in [0.5, 0.6) is 0 Å². The van der Waals surface area contributed by atoms with E-state index in [-0.39, 0.29) is 28.2 Å². The van der Waals surface area contributed by atoms with Crippen LogP contribution in [0.1, 0.15) is 38.2 Å². The molecule has 0 atom stereocenters. The van der Waals surface area contributed by atoms with Crippen LogP contribution >= 0.6 is 0 Å². The molecule has 94 valence electrons. The highest BCUT2D eigenvalue weighted by Gasteiger charge is 2.64. The molecule has 0 spiro atoms. The molecule has 0 saturated heterocycles. The smallest absolute Gasteiger partial charge is 0.277 e. The van der Waals surface area contributed by atoms with Crippen molar-refractivity contribution in [3.8, 4) is 0 Å². The lowest BCUT2D eigenvalue weighted by Crippen LogP contribution is -2.28. The number of aromatic nitrogens is 2. The maximum Gasteiger partial charge on any atom is 0.277 e. The third-order valence-corrected chi connectivity index (χ3v) is 4.52. The molecule has 1 heterocycles. The molecule has 1 saturated carbocycles. The number of anilines is 1. The minimum Gasteiger partial charge on any atom is -0.379 e. The van der Waals surface area contributed by atoms with Crippen molar-refractivity contribution in [1.29, 1.82) is 0 Å². The molecule has 0 unspecified atom stereocenters. The Bertz CT molecular complexity index is 436. The van der Waals surface area contributed by atoms with Gasteiger partial charge in [0.2, 0.25) is 11.5 Å². The summed E-state index contributed by atoms with van der Waals surface area (Å²) in [6.45, 7) is 9.43. The summed E-state index contributed by atoms with van der Waals surface area (Å²) >= 11 is 0. The fourth-order valence-electron chi connectivity index (χ4n) is 2.47. The minimum absolute atomic E-state index is 0.0248. The lowest BCUT2D eigenvalue weighted by atomic mass is 10.0. The van der Waals surface area contributed by atoms with Crippen LogP contribution in [0.15, 0.2) is 4.63 Å². The van der Waals surface area contributed by atoms with E-state index in [1.807, 2.05) is 0 Å². The predicted molar refractivity (Wildman–Crippen MR) is 62.1 cm³/mol. The molecule has 6 heteroatoms. The molecule has 0 aromatic carbocycles. The van der Waals surface area contributed by atoms with Crippen molar-refractivity contribution in [2.45, 2.75) is 27.7 Å². The molecule has 0 bridgehead atoms. The molecule has 17 heavy (non-hydrogen) atoms. The van der Waals surface area contributed by atoms with Crippen molar-refractivity contribution in [2.24, 2.45) is 16.7 Å². The van der Waals surface area contributed by atoms with Crippen LogP contribution in [0, 0.1) is 16.7 Å². The second-order valence-corrected chi connectivity index (χ2v) is 5.70. The van der Waals surface area contributed by atoms with E-state index in [9.17, 15) is 4.79 Å². The Morgan fingerprint density at radius 2 is 1.94 bits per heavy atom. The Morgan fingerprint density at radius 1 is 1.35 bits per heavy atom. The van der Waals surface area contributed by atoms with Gasteiger partial charge in [-0.1, -0.05) is 27.7 Å². The topological polar surface area (TPSA) is 94.0 Å². The molecule has 0 aliphatic heterocycles. The van der Waals surface area contributed by atoms with E-state index in [0.717, 1.165) is 0 Å². The van der Waals surface area contributed by atoms with Gasteiger partial charge >= 0.3 is 0 Å². The van der Waals surface area contributed by atoms with Crippen molar-refractivity contribution in [3.63, 3.8) is 0 Å². The zero-order chi connectivity index (χ0) is 12.8. The van der Waals surface area contributed by atoms with Gasteiger partial charge in [-0.25, -0.2) is 4.63 Å². The summed E-state index contributed by atoms with van der Waals surface area (Å²) in [4.78, 5) is 11.7. The van der Waals surface area contributed by atoms with Gasteiger partial charge in [-0.15, -0.1) is 0 Å². The summed E-state index contributed by atoms with van der Waals surface area (Å²) in [5, 5.41) is 9.65. The van der Waals surface area contributed by atoms with Gasteiger partial charge < -0.3 is 11.1 Å². The van der Waals surface area contributed by atoms with E-state index >= 15 is 0 Å². The van der Waals surface area contributed by atoms with Crippen LogP contribution in [0.4, 0.5) is 5.82 Å². The molecule has 3 N–H and O–H groups in total. The molecule has 1 aliphatic carbocycles. The normalized spacial score (nSPS) is 21.2. The lowest BCUT2D eigenvalue weighted by Gasteiger charge is -2.04. The van der Waals surface area contributed by atoms with Gasteiger partial charge in [0.1, 0.15) is 0 Å². The number of nitrogens with zero attached hydrogens (tertiary/aromatic N) is 2. The van der Waals surface area contributed by atoms with Gasteiger partial charge in [-0.05, 0) is 27.1 Å². The van der Waals surface area contributed by atoms with E-state index in [1.54, 1.807) is 0 Å². The lowest BCUT2D eigenvalue weighted by molar-refractivity contribution is 0.0940. The summed E-state index contributed by atoms with van der Waals surface area (Å²) in [6.07, 6.45) is 0. The summed E-state index contributed by atoms with van der Waals surface area (Å²) in [5.41, 5.74) is 5.99. The first-order chi connectivity index (χ1) is 7.78. The Labute approximate surface area is 99.9 Å². The largest absolute Gasteiger partial charge is 0.379 e. The van der Waals surface area contributed by atoms with Crippen LogP contribution < -0.4 is 11.1 Å². The summed E-state index contributed by atoms with van der Waals surface area (Å²) in [7, 11) is 0. The third-order valence-electron chi connectivity index (χ3n) is 4.52. The maximum atomic E-state index is 11.7. The highest BCUT2D eigenvalue weighted by Crippen LogP contribution is 2.67. The molecule has 6 nitrogen and oxygen atoms in total. The Kier molecular flexibility index (Phi) is 2.41. The van der Waals surface area contributed by atoms with Crippen molar-refractivity contribution in [1.82, 2.24) is 15.6 Å². The first kappa shape index (κ1) is 11.9. The van der Waals surface area contributed by atoms with Crippen LogP contribution in [0.25, 0.3) is 0 Å². The number of nitrogen functional groups attached to an aromatic ring is 1. The second kappa shape index (κ2) is 3.45. The SMILES string of the molecule is CC1(C)C(CNC(=O)c2nonc2N)C1(C)C. The Morgan fingerprint density at radius 3 is 2.35 bits per heavy atom. The molecule has 2 rings (SSSR count). The number of carbonyl (C=O) groups is 1. The minimum atomic E-state index is -0.331. The van der Waals surface area contributed by atoms with E-state index in [1.165, 1.54) is 0 Å². The van der Waals surface area contributed by atoms with Crippen LogP contribution in [0.3, 0.4) is 0 Å². The van der Waals surface area contributed by atoms with E-state index < -0.39 is 0 Å². The molecule has 1 fully saturated rings. The van der Waals surface area contributed by atoms with Gasteiger partial charge in [0.15, 0.2) is 0 Å². The zero-order valence-corrected chi connectivity index (χ0v) is 10.6. The number of carbonyl (C=O) groups excluding carboxylic acids is 1. The number of nitrogens with two attached hydrogens (primary N) is 1. The molecular weight excluding hydrogens is 220 g/mol. The van der Waals surface area contributed by atoms with Crippen molar-refractivity contribution >= 4 is 11.7 Å². The van der Waals surface area contributed by atoms with Crippen molar-refractivity contribution < 1.29 is 9.42 Å². The number of amides is 1. The fraction of sp³-hybridized carbons (Fsp3) is 0.727. The highest BCUT2D eigenvalue weighted by atomic mass is 16.6. The molecular formula is C11H18N4O2. The van der Waals surface area contributed by atoms with E-state index in [0.29, 0.717) is 12.5 Å². The molecule has 1 amide bonds. The first-order valence-electron chi connectivity index (χ1n) is 5.64. The standard InChI is InChI=1S/C11H18N4O2/c1-10(2)6(11(10,3)4)5-13-9(16)7-8(12)15-17-14-7/h6H,5H2,1-4H3,(H2,12,15)(H,13,16). The van der Waals surface area contributed by atoms with Gasteiger partial charge in [-0.3, -0.25) is 4.79 Å². The van der Waals surface area contributed by atoms with Crippen molar-refractivity contribution in [3.05, 3.63) is 5.69 Å². The summed E-state index contributed by atoms with van der Waals surface area (Å²) in [5.74, 6) is 0.152. The number of rotatable bonds is 3. The monoisotopic (exact) mass is 238 g/mol. The quantitative estimate of drug-likeness (QED) is 0.821. The summed E-state index contributed by atoms with van der Waals surface area (Å²) in [6, 6.07) is 0. The Hall–Kier alpha value is -1.59. The van der Waals surface area contributed by atoms with E-state index in [2.05, 4.69) is 48.0 Å². The average molecular weight is 238 g/mol. The van der Waals surface area contributed by atoms with E-state index in [4.69, 9.17) is 5.73 Å². The first-order valence-corrected chi connectivity index (χ1v) is 5.64. The predicted octanol–water partition coefficient (Wildman–Crippen LogP) is 1.06. The molecule has 1 aromatic rings. The van der Waals surface area contributed by atoms with Gasteiger partial charge in [-0.2, -0.15) is 0 Å². The highest BCUT2D eigenvalue weighted by molar-refractivity contribution is 5.95. The van der Waals surface area contributed by atoms with Gasteiger partial charge in [0.05, 0.1) is 0 Å². The van der Waals surface area contributed by atoms with Crippen LogP contribution in [0.2, 0.25) is 0 Å². The van der Waals surface area contributed by atoms with Crippen LogP contribution in [-0.4, -0.2) is 22.8 Å². The number of nitrogens with one attached hydrogen (secondary N) is 1. The molecule has 0 radical (unpaired) electrons.